The van der Waals surface area contributed by atoms with Crippen LogP contribution < -0.4 is 5.32 Å². The highest BCUT2D eigenvalue weighted by molar-refractivity contribution is 5.99. The average Bonchev–Trinajstić information content (AvgIpc) is 3.38. The summed E-state index contributed by atoms with van der Waals surface area (Å²) in [7, 11) is 0. The molecule has 1 amide bonds. The van der Waals surface area contributed by atoms with Gasteiger partial charge in [0.1, 0.15) is 18.5 Å². The minimum atomic E-state index is -0.379. The number of rotatable bonds is 5. The summed E-state index contributed by atoms with van der Waals surface area (Å²) in [6, 6.07) is 13.6. The summed E-state index contributed by atoms with van der Waals surface area (Å²) in [6.45, 7) is 0.294. The van der Waals surface area contributed by atoms with E-state index in [0.717, 1.165) is 11.3 Å². The van der Waals surface area contributed by atoms with Gasteiger partial charge in [-0.25, -0.2) is 14.1 Å². The van der Waals surface area contributed by atoms with Gasteiger partial charge in [-0.2, -0.15) is 10.2 Å². The second-order valence-electron chi connectivity index (χ2n) is 5.82. The SMILES string of the molecule is O=C(NCc1ccccc1-n1cncn1)c1cn[nH]c1-c1cccc(F)c1. The lowest BCUT2D eigenvalue weighted by molar-refractivity contribution is 0.0951. The van der Waals surface area contributed by atoms with Crippen LogP contribution in [0.1, 0.15) is 15.9 Å². The number of para-hydroxylation sites is 1. The van der Waals surface area contributed by atoms with E-state index in [-0.39, 0.29) is 11.7 Å². The fourth-order valence-electron chi connectivity index (χ4n) is 2.81. The van der Waals surface area contributed by atoms with E-state index in [1.165, 1.54) is 24.7 Å². The molecule has 2 heterocycles. The van der Waals surface area contributed by atoms with Gasteiger partial charge in [0.25, 0.3) is 5.91 Å². The normalized spacial score (nSPS) is 10.7. The number of nitrogens with zero attached hydrogens (tertiary/aromatic N) is 4. The van der Waals surface area contributed by atoms with Crippen LogP contribution in [0, 0.1) is 5.82 Å². The van der Waals surface area contributed by atoms with Crippen LogP contribution in [0.3, 0.4) is 0 Å². The highest BCUT2D eigenvalue weighted by Crippen LogP contribution is 2.22. The predicted molar refractivity (Wildman–Crippen MR) is 96.5 cm³/mol. The minimum Gasteiger partial charge on any atom is -0.348 e. The Labute approximate surface area is 153 Å². The van der Waals surface area contributed by atoms with Crippen molar-refractivity contribution in [2.24, 2.45) is 0 Å². The molecule has 2 N–H and O–H groups in total. The number of benzene rings is 2. The number of nitrogens with one attached hydrogen (secondary N) is 2. The monoisotopic (exact) mass is 362 g/mol. The third kappa shape index (κ3) is 3.45. The second kappa shape index (κ2) is 7.20. The molecule has 0 unspecified atom stereocenters. The van der Waals surface area contributed by atoms with E-state index in [4.69, 9.17) is 0 Å². The molecule has 27 heavy (non-hydrogen) atoms. The summed E-state index contributed by atoms with van der Waals surface area (Å²) in [4.78, 5) is 16.6. The lowest BCUT2D eigenvalue weighted by atomic mass is 10.1. The van der Waals surface area contributed by atoms with Gasteiger partial charge in [0.15, 0.2) is 0 Å². The molecule has 0 aliphatic heterocycles. The first-order valence-corrected chi connectivity index (χ1v) is 8.23. The van der Waals surface area contributed by atoms with E-state index >= 15 is 0 Å². The lowest BCUT2D eigenvalue weighted by Gasteiger charge is -2.10. The number of carbonyl (C=O) groups excluding carboxylic acids is 1. The molecule has 0 radical (unpaired) electrons. The van der Waals surface area contributed by atoms with Gasteiger partial charge < -0.3 is 5.32 Å². The Morgan fingerprint density at radius 1 is 1.19 bits per heavy atom. The van der Waals surface area contributed by atoms with Gasteiger partial charge in [-0.15, -0.1) is 0 Å². The van der Waals surface area contributed by atoms with Crippen molar-refractivity contribution in [2.45, 2.75) is 6.54 Å². The number of amides is 1. The summed E-state index contributed by atoms with van der Waals surface area (Å²) in [5.41, 5.74) is 3.08. The van der Waals surface area contributed by atoms with Gasteiger partial charge in [0, 0.05) is 12.1 Å². The van der Waals surface area contributed by atoms with Gasteiger partial charge in [-0.1, -0.05) is 30.3 Å². The maximum absolute atomic E-state index is 13.5. The Hall–Kier alpha value is -3.81. The van der Waals surface area contributed by atoms with Crippen molar-refractivity contribution in [3.8, 4) is 16.9 Å². The van der Waals surface area contributed by atoms with E-state index in [2.05, 4.69) is 25.6 Å². The van der Waals surface area contributed by atoms with Crippen LogP contribution in [0.5, 0.6) is 0 Å². The van der Waals surface area contributed by atoms with E-state index in [1.54, 1.807) is 23.1 Å². The van der Waals surface area contributed by atoms with Crippen LogP contribution in [0.15, 0.2) is 67.4 Å². The van der Waals surface area contributed by atoms with E-state index in [1.807, 2.05) is 24.3 Å². The highest BCUT2D eigenvalue weighted by Gasteiger charge is 2.16. The number of halogens is 1. The molecule has 0 atom stereocenters. The molecule has 134 valence electrons. The fraction of sp³-hybridized carbons (Fsp3) is 0.0526. The van der Waals surface area contributed by atoms with E-state index in [9.17, 15) is 9.18 Å². The summed E-state index contributed by atoms with van der Waals surface area (Å²) in [6.07, 6.45) is 4.48. The molecular formula is C19H15FN6O. The first-order chi connectivity index (χ1) is 13.2. The molecule has 7 nitrogen and oxygen atoms in total. The molecule has 0 saturated heterocycles. The molecule has 8 heteroatoms. The molecule has 0 aliphatic rings. The summed E-state index contributed by atoms with van der Waals surface area (Å²) >= 11 is 0. The van der Waals surface area contributed by atoms with Gasteiger partial charge in [0.2, 0.25) is 0 Å². The minimum absolute atomic E-state index is 0.294. The van der Waals surface area contributed by atoms with Crippen molar-refractivity contribution in [1.29, 1.82) is 0 Å². The first-order valence-electron chi connectivity index (χ1n) is 8.23. The number of aromatic amines is 1. The van der Waals surface area contributed by atoms with Crippen LogP contribution in [-0.4, -0.2) is 30.9 Å². The molecular weight excluding hydrogens is 347 g/mol. The van der Waals surface area contributed by atoms with E-state index < -0.39 is 0 Å². The van der Waals surface area contributed by atoms with Crippen LogP contribution in [0.2, 0.25) is 0 Å². The Morgan fingerprint density at radius 3 is 2.89 bits per heavy atom. The molecule has 2 aromatic heterocycles. The van der Waals surface area contributed by atoms with Crippen molar-refractivity contribution in [1.82, 2.24) is 30.3 Å². The number of hydrogen-bond donors (Lipinski definition) is 2. The zero-order valence-electron chi connectivity index (χ0n) is 14.1. The van der Waals surface area contributed by atoms with Crippen LogP contribution >= 0.6 is 0 Å². The third-order valence-electron chi connectivity index (χ3n) is 4.09. The van der Waals surface area contributed by atoms with Crippen LogP contribution in [0.25, 0.3) is 16.9 Å². The second-order valence-corrected chi connectivity index (χ2v) is 5.82. The van der Waals surface area contributed by atoms with Gasteiger partial charge in [-0.05, 0) is 23.8 Å². The van der Waals surface area contributed by atoms with Crippen molar-refractivity contribution in [3.05, 3.63) is 84.3 Å². The molecule has 0 bridgehead atoms. The van der Waals surface area contributed by atoms with Crippen LogP contribution in [-0.2, 0) is 6.54 Å². The highest BCUT2D eigenvalue weighted by atomic mass is 19.1. The number of carbonyl (C=O) groups is 1. The summed E-state index contributed by atoms with van der Waals surface area (Å²) in [5, 5.41) is 13.7. The van der Waals surface area contributed by atoms with Gasteiger partial charge >= 0.3 is 0 Å². The largest absolute Gasteiger partial charge is 0.348 e. The topological polar surface area (TPSA) is 88.5 Å². The van der Waals surface area contributed by atoms with Crippen molar-refractivity contribution >= 4 is 5.91 Å². The quantitative estimate of drug-likeness (QED) is 0.571. The number of aromatic nitrogens is 5. The molecule has 0 spiro atoms. The molecule has 4 aromatic rings. The number of hydrogen-bond acceptors (Lipinski definition) is 4. The zero-order chi connectivity index (χ0) is 18.6. The smallest absolute Gasteiger partial charge is 0.255 e. The van der Waals surface area contributed by atoms with Crippen molar-refractivity contribution in [3.63, 3.8) is 0 Å². The Balaban J connectivity index is 1.55. The van der Waals surface area contributed by atoms with Crippen molar-refractivity contribution < 1.29 is 9.18 Å². The summed E-state index contributed by atoms with van der Waals surface area (Å²) < 4.78 is 15.1. The standard InChI is InChI=1S/C19H15FN6O/c20-15-6-3-5-13(8-15)18-16(10-23-25-18)19(27)22-9-14-4-1-2-7-17(14)26-12-21-11-24-26/h1-8,10-12H,9H2,(H,22,27)(H,23,25). The van der Waals surface area contributed by atoms with Crippen LogP contribution in [0.4, 0.5) is 4.39 Å². The van der Waals surface area contributed by atoms with Gasteiger partial charge in [0.05, 0.1) is 23.1 Å². The molecule has 0 aliphatic carbocycles. The fourth-order valence-corrected chi connectivity index (χ4v) is 2.81. The van der Waals surface area contributed by atoms with E-state index in [0.29, 0.717) is 23.4 Å². The molecule has 0 saturated carbocycles. The Kier molecular flexibility index (Phi) is 4.44. The molecule has 0 fully saturated rings. The molecule has 2 aromatic carbocycles. The maximum Gasteiger partial charge on any atom is 0.255 e. The van der Waals surface area contributed by atoms with Crippen molar-refractivity contribution in [2.75, 3.05) is 0 Å². The summed E-state index contributed by atoms with van der Waals surface area (Å²) in [5.74, 6) is -0.688. The first kappa shape index (κ1) is 16.6. The zero-order valence-corrected chi connectivity index (χ0v) is 14.1. The average molecular weight is 362 g/mol. The van der Waals surface area contributed by atoms with Gasteiger partial charge in [-0.3, -0.25) is 9.89 Å². The third-order valence-corrected chi connectivity index (χ3v) is 4.09. The maximum atomic E-state index is 13.5. The Morgan fingerprint density at radius 2 is 2.07 bits per heavy atom. The predicted octanol–water partition coefficient (Wildman–Crippen LogP) is 2.73. The Bertz CT molecular complexity index is 1070. The number of H-pyrrole nitrogens is 1. The molecule has 4 rings (SSSR count). The lowest BCUT2D eigenvalue weighted by Crippen LogP contribution is -2.23.